The van der Waals surface area contributed by atoms with Crippen LogP contribution in [-0.2, 0) is 11.2 Å². The summed E-state index contributed by atoms with van der Waals surface area (Å²) in [6.45, 7) is 0.865. The lowest BCUT2D eigenvalue weighted by Gasteiger charge is -2.44. The number of likely N-dealkylation sites (tertiary alicyclic amines) is 1. The summed E-state index contributed by atoms with van der Waals surface area (Å²) in [6, 6.07) is 10.0. The molecule has 1 aliphatic carbocycles. The molecule has 0 unspecified atom stereocenters. The SMILES string of the molecule is O=C(CCc1nc2c(cnn2-c2ccccc2)c(=O)[nH]1)N1CCC[C@H]2CCCC[C@@H]21. The van der Waals surface area contributed by atoms with Crippen molar-refractivity contribution in [2.75, 3.05) is 6.54 Å². The summed E-state index contributed by atoms with van der Waals surface area (Å²) in [6.07, 6.45) is 9.60. The largest absolute Gasteiger partial charge is 0.339 e. The molecule has 0 spiro atoms. The van der Waals surface area contributed by atoms with Crippen molar-refractivity contribution in [3.05, 3.63) is 52.7 Å². The van der Waals surface area contributed by atoms with Crippen molar-refractivity contribution >= 4 is 16.9 Å². The Morgan fingerprint density at radius 2 is 1.90 bits per heavy atom. The molecule has 156 valence electrons. The van der Waals surface area contributed by atoms with Crippen molar-refractivity contribution in [1.82, 2.24) is 24.6 Å². The van der Waals surface area contributed by atoms with Crippen LogP contribution in [0.4, 0.5) is 0 Å². The van der Waals surface area contributed by atoms with Gasteiger partial charge in [0.05, 0.1) is 11.9 Å². The second kappa shape index (κ2) is 8.05. The zero-order valence-corrected chi connectivity index (χ0v) is 17.1. The maximum Gasteiger partial charge on any atom is 0.262 e. The zero-order chi connectivity index (χ0) is 20.5. The van der Waals surface area contributed by atoms with E-state index in [1.807, 2.05) is 30.3 Å². The molecule has 7 nitrogen and oxygen atoms in total. The van der Waals surface area contributed by atoms with E-state index in [1.54, 1.807) is 10.9 Å². The smallest absolute Gasteiger partial charge is 0.262 e. The Morgan fingerprint density at radius 1 is 1.10 bits per heavy atom. The number of fused-ring (bicyclic) bond motifs is 2. The molecular weight excluding hydrogens is 378 g/mol. The molecule has 1 N–H and O–H groups in total. The molecule has 0 radical (unpaired) electrons. The second-order valence-corrected chi connectivity index (χ2v) is 8.48. The van der Waals surface area contributed by atoms with E-state index in [-0.39, 0.29) is 11.5 Å². The molecular formula is C23H27N5O2. The number of carbonyl (C=O) groups is 1. The summed E-state index contributed by atoms with van der Waals surface area (Å²) in [5.74, 6) is 1.40. The molecule has 30 heavy (non-hydrogen) atoms. The summed E-state index contributed by atoms with van der Waals surface area (Å²) in [4.78, 5) is 35.1. The average molecular weight is 406 g/mol. The van der Waals surface area contributed by atoms with E-state index < -0.39 is 0 Å². The predicted molar refractivity (Wildman–Crippen MR) is 114 cm³/mol. The highest BCUT2D eigenvalue weighted by Crippen LogP contribution is 2.35. The van der Waals surface area contributed by atoms with Gasteiger partial charge >= 0.3 is 0 Å². The Labute approximate surface area is 175 Å². The summed E-state index contributed by atoms with van der Waals surface area (Å²) in [5, 5.41) is 4.79. The van der Waals surface area contributed by atoms with Crippen molar-refractivity contribution < 1.29 is 4.79 Å². The number of H-pyrrole nitrogens is 1. The van der Waals surface area contributed by atoms with E-state index in [2.05, 4.69) is 20.0 Å². The Balaban J connectivity index is 1.35. The molecule has 3 aromatic rings. The lowest BCUT2D eigenvalue weighted by atomic mass is 9.78. The summed E-state index contributed by atoms with van der Waals surface area (Å²) >= 11 is 0. The first-order valence-corrected chi connectivity index (χ1v) is 11.0. The summed E-state index contributed by atoms with van der Waals surface area (Å²) < 4.78 is 1.67. The quantitative estimate of drug-likeness (QED) is 0.722. The topological polar surface area (TPSA) is 83.9 Å². The Hall–Kier alpha value is -2.96. The summed E-state index contributed by atoms with van der Waals surface area (Å²) in [7, 11) is 0. The van der Waals surface area contributed by atoms with Crippen LogP contribution in [0, 0.1) is 5.92 Å². The first kappa shape index (κ1) is 19.0. The number of hydrogen-bond acceptors (Lipinski definition) is 4. The monoisotopic (exact) mass is 405 g/mol. The summed E-state index contributed by atoms with van der Waals surface area (Å²) in [5.41, 5.74) is 1.16. The van der Waals surface area contributed by atoms with Crippen LogP contribution in [0.15, 0.2) is 41.3 Å². The molecule has 5 rings (SSSR count). The molecule has 7 heteroatoms. The van der Waals surface area contributed by atoms with E-state index in [0.717, 1.165) is 25.1 Å². The minimum atomic E-state index is -0.213. The molecule has 1 saturated heterocycles. The highest BCUT2D eigenvalue weighted by atomic mass is 16.2. The second-order valence-electron chi connectivity index (χ2n) is 8.48. The van der Waals surface area contributed by atoms with Crippen LogP contribution in [0.1, 0.15) is 50.8 Å². The number of nitrogens with one attached hydrogen (secondary N) is 1. The van der Waals surface area contributed by atoms with Crippen LogP contribution in [0.5, 0.6) is 0 Å². The van der Waals surface area contributed by atoms with E-state index >= 15 is 0 Å². The Kier molecular flexibility index (Phi) is 5.11. The number of aromatic nitrogens is 4. The van der Waals surface area contributed by atoms with Crippen LogP contribution >= 0.6 is 0 Å². The van der Waals surface area contributed by atoms with Gasteiger partial charge in [-0.25, -0.2) is 9.67 Å². The first-order valence-electron chi connectivity index (χ1n) is 11.0. The lowest BCUT2D eigenvalue weighted by Crippen LogP contribution is -2.49. The Bertz CT molecular complexity index is 1100. The van der Waals surface area contributed by atoms with Crippen LogP contribution in [-0.4, -0.2) is 43.1 Å². The molecule has 2 atom stereocenters. The maximum absolute atomic E-state index is 13.0. The number of amides is 1. The number of nitrogens with zero attached hydrogens (tertiary/aromatic N) is 4. The number of para-hydroxylation sites is 1. The molecule has 1 amide bonds. The maximum atomic E-state index is 13.0. The van der Waals surface area contributed by atoms with Gasteiger partial charge in [0.2, 0.25) is 5.91 Å². The highest BCUT2D eigenvalue weighted by molar-refractivity contribution is 5.77. The predicted octanol–water partition coefficient (Wildman–Crippen LogP) is 3.22. The highest BCUT2D eigenvalue weighted by Gasteiger charge is 2.35. The third-order valence-electron chi connectivity index (χ3n) is 6.63. The normalized spacial score (nSPS) is 21.5. The van der Waals surface area contributed by atoms with Crippen molar-refractivity contribution in [1.29, 1.82) is 0 Å². The number of rotatable bonds is 4. The van der Waals surface area contributed by atoms with Gasteiger partial charge < -0.3 is 9.88 Å². The minimum Gasteiger partial charge on any atom is -0.339 e. The van der Waals surface area contributed by atoms with Gasteiger partial charge in [0.1, 0.15) is 11.2 Å². The molecule has 0 bridgehead atoms. The van der Waals surface area contributed by atoms with Crippen molar-refractivity contribution in [3.8, 4) is 5.69 Å². The fourth-order valence-corrected chi connectivity index (χ4v) is 5.14. The van der Waals surface area contributed by atoms with Crippen molar-refractivity contribution in [3.63, 3.8) is 0 Å². The van der Waals surface area contributed by atoms with Crippen LogP contribution in [0.2, 0.25) is 0 Å². The van der Waals surface area contributed by atoms with Gasteiger partial charge in [-0.15, -0.1) is 0 Å². The standard InChI is InChI=1S/C23H27N5O2/c29-21(27-14-6-8-16-7-4-5-11-19(16)27)13-12-20-25-22-18(23(30)26-20)15-24-28(22)17-9-2-1-3-10-17/h1-3,9-10,15-16,19H,4-8,11-14H2,(H,25,26,30)/t16-,19+/m1/s1. The van der Waals surface area contributed by atoms with Gasteiger partial charge in [-0.2, -0.15) is 5.10 Å². The minimum absolute atomic E-state index is 0.186. The van der Waals surface area contributed by atoms with E-state index in [9.17, 15) is 9.59 Å². The number of piperidine rings is 1. The molecule has 3 heterocycles. The van der Waals surface area contributed by atoms with Crippen LogP contribution in [0.25, 0.3) is 16.7 Å². The number of benzene rings is 1. The van der Waals surface area contributed by atoms with Crippen molar-refractivity contribution in [2.45, 2.75) is 57.4 Å². The van der Waals surface area contributed by atoms with Gasteiger partial charge in [-0.3, -0.25) is 9.59 Å². The fourth-order valence-electron chi connectivity index (χ4n) is 5.14. The molecule has 1 saturated carbocycles. The van der Waals surface area contributed by atoms with Gasteiger partial charge in [0, 0.05) is 25.4 Å². The van der Waals surface area contributed by atoms with E-state index in [0.29, 0.717) is 41.7 Å². The van der Waals surface area contributed by atoms with Gasteiger partial charge in [-0.05, 0) is 43.7 Å². The first-order chi connectivity index (χ1) is 14.7. The zero-order valence-electron chi connectivity index (χ0n) is 17.1. The van der Waals surface area contributed by atoms with Crippen molar-refractivity contribution in [2.24, 2.45) is 5.92 Å². The third kappa shape index (κ3) is 3.53. The molecule has 1 aliphatic heterocycles. The number of aromatic amines is 1. The van der Waals surface area contributed by atoms with Gasteiger partial charge in [0.15, 0.2) is 5.65 Å². The fraction of sp³-hybridized carbons (Fsp3) is 0.478. The molecule has 2 aromatic heterocycles. The third-order valence-corrected chi connectivity index (χ3v) is 6.63. The van der Waals surface area contributed by atoms with E-state index in [4.69, 9.17) is 0 Å². The van der Waals surface area contributed by atoms with Crippen LogP contribution in [0.3, 0.4) is 0 Å². The number of hydrogen-bond donors (Lipinski definition) is 1. The number of aryl methyl sites for hydroxylation is 1. The van der Waals surface area contributed by atoms with Gasteiger partial charge in [0.25, 0.3) is 5.56 Å². The molecule has 2 aliphatic rings. The van der Waals surface area contributed by atoms with E-state index in [1.165, 1.54) is 25.7 Å². The molecule has 1 aromatic carbocycles. The van der Waals surface area contributed by atoms with Gasteiger partial charge in [-0.1, -0.05) is 31.0 Å². The average Bonchev–Trinajstić information content (AvgIpc) is 3.22. The Morgan fingerprint density at radius 3 is 2.77 bits per heavy atom. The van der Waals surface area contributed by atoms with Crippen LogP contribution < -0.4 is 5.56 Å². The number of carbonyl (C=O) groups excluding carboxylic acids is 1. The molecule has 2 fully saturated rings. The lowest BCUT2D eigenvalue weighted by molar-refractivity contribution is -0.137.